The molecule has 0 aromatic heterocycles. The maximum atomic E-state index is 13.8. The van der Waals surface area contributed by atoms with Gasteiger partial charge in [-0.25, -0.2) is 4.39 Å². The van der Waals surface area contributed by atoms with Gasteiger partial charge in [-0.15, -0.1) is 0 Å². The summed E-state index contributed by atoms with van der Waals surface area (Å²) < 4.78 is 26.2. The first kappa shape index (κ1) is 22.6. The number of halogens is 2. The van der Waals surface area contributed by atoms with Crippen LogP contribution in [0.15, 0.2) is 40.9 Å². The van der Waals surface area contributed by atoms with Gasteiger partial charge in [0.2, 0.25) is 0 Å². The maximum Gasteiger partial charge on any atom is 0.175 e. The largest absolute Gasteiger partial charge is 0.490 e. The maximum absolute atomic E-state index is 13.8. The Hall–Kier alpha value is -1.67. The van der Waals surface area contributed by atoms with Crippen LogP contribution < -0.4 is 20.1 Å². The van der Waals surface area contributed by atoms with E-state index in [1.54, 1.807) is 25.1 Å². The first-order valence-corrected chi connectivity index (χ1v) is 10.2. The smallest absolute Gasteiger partial charge is 0.175 e. The predicted octanol–water partition coefficient (Wildman–Crippen LogP) is 3.63. The van der Waals surface area contributed by atoms with Crippen molar-refractivity contribution in [2.24, 2.45) is 0 Å². The Morgan fingerprint density at radius 3 is 2.61 bits per heavy atom. The van der Waals surface area contributed by atoms with Crippen molar-refractivity contribution in [3.05, 3.63) is 57.8 Å². The molecule has 0 heterocycles. The first-order chi connectivity index (χ1) is 13.5. The van der Waals surface area contributed by atoms with E-state index in [-0.39, 0.29) is 18.5 Å². The zero-order valence-corrected chi connectivity index (χ0v) is 17.9. The van der Waals surface area contributed by atoms with E-state index in [1.165, 1.54) is 6.07 Å². The molecule has 2 aromatic rings. The Morgan fingerprint density at radius 2 is 1.89 bits per heavy atom. The van der Waals surface area contributed by atoms with Crippen molar-refractivity contribution in [2.75, 3.05) is 26.2 Å². The highest BCUT2D eigenvalue weighted by molar-refractivity contribution is 9.10. The molecule has 28 heavy (non-hydrogen) atoms. The van der Waals surface area contributed by atoms with Crippen LogP contribution in [0.1, 0.15) is 25.0 Å². The van der Waals surface area contributed by atoms with Gasteiger partial charge in [-0.05, 0) is 53.5 Å². The number of aliphatic hydroxyl groups is 1. The summed E-state index contributed by atoms with van der Waals surface area (Å²) in [5.41, 5.74) is 1.54. The monoisotopic (exact) mass is 454 g/mol. The van der Waals surface area contributed by atoms with E-state index in [0.717, 1.165) is 23.1 Å². The highest BCUT2D eigenvalue weighted by Crippen LogP contribution is 2.37. The number of rotatable bonds is 12. The van der Waals surface area contributed by atoms with E-state index in [2.05, 4.69) is 26.6 Å². The van der Waals surface area contributed by atoms with Gasteiger partial charge in [0.1, 0.15) is 12.4 Å². The van der Waals surface area contributed by atoms with Crippen LogP contribution in [0, 0.1) is 5.82 Å². The van der Waals surface area contributed by atoms with Crippen LogP contribution in [-0.4, -0.2) is 37.5 Å². The Bertz CT molecular complexity index is 744. The zero-order valence-electron chi connectivity index (χ0n) is 16.3. The number of aliphatic hydroxyl groups excluding tert-OH is 1. The van der Waals surface area contributed by atoms with E-state index in [1.807, 2.05) is 19.1 Å². The van der Waals surface area contributed by atoms with Crippen LogP contribution in [0.25, 0.3) is 0 Å². The summed E-state index contributed by atoms with van der Waals surface area (Å²) in [6.07, 6.45) is -0.346. The topological polar surface area (TPSA) is 62.8 Å². The van der Waals surface area contributed by atoms with Crippen molar-refractivity contribution in [3.8, 4) is 11.5 Å². The van der Waals surface area contributed by atoms with Gasteiger partial charge in [0.05, 0.1) is 17.2 Å². The summed E-state index contributed by atoms with van der Waals surface area (Å²) in [7, 11) is 0. The molecule has 0 saturated carbocycles. The second-order valence-corrected chi connectivity index (χ2v) is 7.30. The molecule has 154 valence electrons. The Kier molecular flexibility index (Phi) is 9.70. The number of hydrogen-bond acceptors (Lipinski definition) is 5. The fourth-order valence-corrected chi connectivity index (χ4v) is 3.22. The normalized spacial score (nSPS) is 12.0. The second kappa shape index (κ2) is 12.0. The lowest BCUT2D eigenvalue weighted by atomic mass is 10.2. The third kappa shape index (κ3) is 7.39. The lowest BCUT2D eigenvalue weighted by Gasteiger charge is -2.16. The molecule has 0 aliphatic carbocycles. The molecule has 0 spiro atoms. The van der Waals surface area contributed by atoms with Gasteiger partial charge in [0.15, 0.2) is 11.5 Å². The molecular weight excluding hydrogens is 427 g/mol. The SMILES string of the molecule is CCOc1cc(CNCCNCC(C)O)cc(Br)c1OCc1ccccc1F. The van der Waals surface area contributed by atoms with Gasteiger partial charge in [0, 0.05) is 31.7 Å². The highest BCUT2D eigenvalue weighted by atomic mass is 79.9. The molecule has 0 saturated heterocycles. The number of nitrogens with one attached hydrogen (secondary N) is 2. The van der Waals surface area contributed by atoms with Gasteiger partial charge in [-0.3, -0.25) is 0 Å². The minimum atomic E-state index is -0.346. The molecular formula is C21H28BrFN2O3. The first-order valence-electron chi connectivity index (χ1n) is 9.42. The Balaban J connectivity index is 1.97. The average molecular weight is 455 g/mol. The van der Waals surface area contributed by atoms with Crippen molar-refractivity contribution in [1.29, 1.82) is 0 Å². The minimum Gasteiger partial charge on any atom is -0.490 e. The molecule has 0 radical (unpaired) electrons. The lowest BCUT2D eigenvalue weighted by molar-refractivity contribution is 0.191. The van der Waals surface area contributed by atoms with Gasteiger partial charge in [-0.1, -0.05) is 18.2 Å². The minimum absolute atomic E-state index is 0.123. The van der Waals surface area contributed by atoms with Crippen molar-refractivity contribution in [2.45, 2.75) is 33.1 Å². The quantitative estimate of drug-likeness (QED) is 0.427. The van der Waals surface area contributed by atoms with Gasteiger partial charge in [0.25, 0.3) is 0 Å². The van der Waals surface area contributed by atoms with Crippen molar-refractivity contribution in [3.63, 3.8) is 0 Å². The molecule has 0 amide bonds. The third-order valence-corrected chi connectivity index (χ3v) is 4.54. The number of benzene rings is 2. The predicted molar refractivity (Wildman–Crippen MR) is 112 cm³/mol. The number of hydrogen-bond donors (Lipinski definition) is 3. The molecule has 7 heteroatoms. The average Bonchev–Trinajstić information content (AvgIpc) is 2.65. The van der Waals surface area contributed by atoms with Crippen LogP contribution in [0.3, 0.4) is 0 Å². The molecule has 2 aromatic carbocycles. The van der Waals surface area contributed by atoms with Gasteiger partial charge >= 0.3 is 0 Å². The fourth-order valence-electron chi connectivity index (χ4n) is 2.61. The van der Waals surface area contributed by atoms with E-state index in [4.69, 9.17) is 9.47 Å². The van der Waals surface area contributed by atoms with E-state index >= 15 is 0 Å². The van der Waals surface area contributed by atoms with Crippen molar-refractivity contribution in [1.82, 2.24) is 10.6 Å². The third-order valence-electron chi connectivity index (χ3n) is 3.95. The van der Waals surface area contributed by atoms with Crippen LogP contribution in [0.4, 0.5) is 4.39 Å². The summed E-state index contributed by atoms with van der Waals surface area (Å²) in [5.74, 6) is 0.895. The molecule has 0 aliphatic rings. The zero-order chi connectivity index (χ0) is 20.4. The van der Waals surface area contributed by atoms with Crippen LogP contribution >= 0.6 is 15.9 Å². The van der Waals surface area contributed by atoms with Crippen molar-refractivity contribution >= 4 is 15.9 Å². The molecule has 0 bridgehead atoms. The Morgan fingerprint density at radius 1 is 1.14 bits per heavy atom. The number of ether oxygens (including phenoxy) is 2. The molecule has 0 aliphatic heterocycles. The van der Waals surface area contributed by atoms with Gasteiger partial charge in [-0.2, -0.15) is 0 Å². The molecule has 5 nitrogen and oxygen atoms in total. The van der Waals surface area contributed by atoms with Gasteiger partial charge < -0.3 is 25.2 Å². The molecule has 1 unspecified atom stereocenters. The van der Waals surface area contributed by atoms with E-state index in [9.17, 15) is 9.50 Å². The summed E-state index contributed by atoms with van der Waals surface area (Å²) in [6, 6.07) is 10.5. The van der Waals surface area contributed by atoms with Crippen molar-refractivity contribution < 1.29 is 19.0 Å². The Labute approximate surface area is 174 Å². The molecule has 3 N–H and O–H groups in total. The fraction of sp³-hybridized carbons (Fsp3) is 0.429. The highest BCUT2D eigenvalue weighted by Gasteiger charge is 2.13. The summed E-state index contributed by atoms with van der Waals surface area (Å²) >= 11 is 3.54. The van der Waals surface area contributed by atoms with Crippen LogP contribution in [-0.2, 0) is 13.2 Å². The van der Waals surface area contributed by atoms with Crippen LogP contribution in [0.2, 0.25) is 0 Å². The van der Waals surface area contributed by atoms with E-state index in [0.29, 0.717) is 36.8 Å². The molecule has 2 rings (SSSR count). The van der Waals surface area contributed by atoms with E-state index < -0.39 is 0 Å². The summed E-state index contributed by atoms with van der Waals surface area (Å²) in [6.45, 7) is 7.09. The summed E-state index contributed by atoms with van der Waals surface area (Å²) in [5, 5.41) is 15.7. The summed E-state index contributed by atoms with van der Waals surface area (Å²) in [4.78, 5) is 0. The molecule has 1 atom stereocenters. The standard InChI is InChI=1S/C21H28BrFN2O3/c1-3-27-20-11-16(13-25-9-8-24-12-15(2)26)10-18(22)21(20)28-14-17-6-4-5-7-19(17)23/h4-7,10-11,15,24-26H,3,8-9,12-14H2,1-2H3. The second-order valence-electron chi connectivity index (χ2n) is 6.45. The van der Waals surface area contributed by atoms with Crippen LogP contribution in [0.5, 0.6) is 11.5 Å². The molecule has 0 fully saturated rings. The lowest BCUT2D eigenvalue weighted by Crippen LogP contribution is -2.31.